The minimum Gasteiger partial charge on any atom is -0.346 e. The van der Waals surface area contributed by atoms with Crippen molar-refractivity contribution in [3.63, 3.8) is 0 Å². The standard InChI is InChI=1S/C20H29N3O/c1-15-7-6-12-21-17(15)18(16-8-9-16)22-19(24)20(10-2-3-11-20)23-13-4-5-14-23/h6-7,12,16,18H,2-5,8-11,13-14H2,1H3,(H,22,24)/t18-/m0/s1. The number of hydrogen-bond donors (Lipinski definition) is 1. The summed E-state index contributed by atoms with van der Waals surface area (Å²) in [6.45, 7) is 4.28. The summed E-state index contributed by atoms with van der Waals surface area (Å²) in [5, 5.41) is 3.45. The number of carbonyl (C=O) groups is 1. The molecule has 1 aromatic heterocycles. The highest BCUT2D eigenvalue weighted by molar-refractivity contribution is 5.87. The van der Waals surface area contributed by atoms with Crippen molar-refractivity contribution in [2.24, 2.45) is 5.92 Å². The van der Waals surface area contributed by atoms with Crippen LogP contribution in [0.1, 0.15) is 68.7 Å². The zero-order valence-electron chi connectivity index (χ0n) is 14.8. The molecule has 0 aromatic carbocycles. The molecule has 4 rings (SSSR count). The minimum atomic E-state index is -0.244. The fourth-order valence-corrected chi connectivity index (χ4v) is 4.73. The van der Waals surface area contributed by atoms with Gasteiger partial charge in [-0.3, -0.25) is 14.7 Å². The summed E-state index contributed by atoms with van der Waals surface area (Å²) in [6.07, 6.45) is 11.2. The zero-order valence-corrected chi connectivity index (χ0v) is 14.8. The number of aromatic nitrogens is 1. The van der Waals surface area contributed by atoms with E-state index in [1.165, 1.54) is 44.1 Å². The fraction of sp³-hybridized carbons (Fsp3) is 0.700. The molecule has 0 unspecified atom stereocenters. The predicted octanol–water partition coefficient (Wildman–Crippen LogP) is 3.37. The maximum Gasteiger partial charge on any atom is 0.241 e. The molecule has 3 aliphatic rings. The van der Waals surface area contributed by atoms with E-state index in [1.807, 2.05) is 12.3 Å². The van der Waals surface area contributed by atoms with Gasteiger partial charge in [0, 0.05) is 6.20 Å². The van der Waals surface area contributed by atoms with Crippen LogP contribution in [0.5, 0.6) is 0 Å². The van der Waals surface area contributed by atoms with Crippen LogP contribution in [-0.2, 0) is 4.79 Å². The smallest absolute Gasteiger partial charge is 0.241 e. The van der Waals surface area contributed by atoms with Crippen molar-refractivity contribution in [2.45, 2.75) is 69.9 Å². The van der Waals surface area contributed by atoms with Gasteiger partial charge in [-0.05, 0) is 76.1 Å². The van der Waals surface area contributed by atoms with Crippen LogP contribution in [0.2, 0.25) is 0 Å². The lowest BCUT2D eigenvalue weighted by atomic mass is 9.92. The topological polar surface area (TPSA) is 45.2 Å². The van der Waals surface area contributed by atoms with Crippen molar-refractivity contribution < 1.29 is 4.79 Å². The average Bonchev–Trinajstić information content (AvgIpc) is 3.08. The van der Waals surface area contributed by atoms with E-state index >= 15 is 0 Å². The quantitative estimate of drug-likeness (QED) is 0.902. The van der Waals surface area contributed by atoms with Crippen LogP contribution in [0.15, 0.2) is 18.3 Å². The lowest BCUT2D eigenvalue weighted by Gasteiger charge is -2.38. The van der Waals surface area contributed by atoms with Crippen molar-refractivity contribution >= 4 is 5.91 Å². The maximum atomic E-state index is 13.4. The Morgan fingerprint density at radius 3 is 2.58 bits per heavy atom. The lowest BCUT2D eigenvalue weighted by molar-refractivity contribution is -0.133. The number of rotatable bonds is 5. The summed E-state index contributed by atoms with van der Waals surface area (Å²) in [4.78, 5) is 20.5. The zero-order chi connectivity index (χ0) is 16.6. The van der Waals surface area contributed by atoms with E-state index in [0.717, 1.165) is 31.6 Å². The van der Waals surface area contributed by atoms with Crippen LogP contribution in [-0.4, -0.2) is 34.4 Å². The number of aryl methyl sites for hydroxylation is 1. The molecule has 1 aromatic rings. The first-order valence-corrected chi connectivity index (χ1v) is 9.68. The van der Waals surface area contributed by atoms with Gasteiger partial charge in [0.15, 0.2) is 0 Å². The van der Waals surface area contributed by atoms with E-state index in [1.54, 1.807) is 0 Å². The summed E-state index contributed by atoms with van der Waals surface area (Å²) in [5.41, 5.74) is 2.02. The Labute approximate surface area is 145 Å². The second kappa shape index (κ2) is 6.47. The number of pyridine rings is 1. The summed E-state index contributed by atoms with van der Waals surface area (Å²) < 4.78 is 0. The molecule has 2 aliphatic carbocycles. The van der Waals surface area contributed by atoms with E-state index in [9.17, 15) is 4.79 Å². The Bertz CT molecular complexity index is 599. The summed E-state index contributed by atoms with van der Waals surface area (Å²) in [7, 11) is 0. The van der Waals surface area contributed by atoms with Gasteiger partial charge in [0.1, 0.15) is 5.54 Å². The highest BCUT2D eigenvalue weighted by Crippen LogP contribution is 2.43. The minimum absolute atomic E-state index is 0.0961. The van der Waals surface area contributed by atoms with Gasteiger partial charge in [-0.25, -0.2) is 0 Å². The van der Waals surface area contributed by atoms with Gasteiger partial charge in [0.05, 0.1) is 11.7 Å². The van der Waals surface area contributed by atoms with E-state index in [0.29, 0.717) is 5.92 Å². The third-order valence-corrected chi connectivity index (χ3v) is 6.29. The number of nitrogens with one attached hydrogen (secondary N) is 1. The summed E-state index contributed by atoms with van der Waals surface area (Å²) in [6, 6.07) is 4.18. The third-order valence-electron chi connectivity index (χ3n) is 6.29. The monoisotopic (exact) mass is 327 g/mol. The number of nitrogens with zero attached hydrogens (tertiary/aromatic N) is 2. The third kappa shape index (κ3) is 2.85. The Hall–Kier alpha value is -1.42. The van der Waals surface area contributed by atoms with Gasteiger partial charge in [0.2, 0.25) is 5.91 Å². The van der Waals surface area contributed by atoms with Gasteiger partial charge < -0.3 is 5.32 Å². The lowest BCUT2D eigenvalue weighted by Crippen LogP contribution is -2.57. The van der Waals surface area contributed by atoms with Gasteiger partial charge in [-0.2, -0.15) is 0 Å². The molecule has 2 saturated carbocycles. The van der Waals surface area contributed by atoms with Gasteiger partial charge in [-0.1, -0.05) is 18.9 Å². The van der Waals surface area contributed by atoms with Gasteiger partial charge in [0.25, 0.3) is 0 Å². The SMILES string of the molecule is Cc1cccnc1[C@@H](NC(=O)C1(N2CCCC2)CCCC1)C1CC1. The van der Waals surface area contributed by atoms with Crippen LogP contribution in [0, 0.1) is 12.8 Å². The molecule has 130 valence electrons. The molecular formula is C20H29N3O. The molecule has 0 bridgehead atoms. The second-order valence-corrected chi connectivity index (χ2v) is 7.93. The van der Waals surface area contributed by atoms with E-state index < -0.39 is 0 Å². The van der Waals surface area contributed by atoms with E-state index in [-0.39, 0.29) is 17.5 Å². The largest absolute Gasteiger partial charge is 0.346 e. The molecule has 1 atom stereocenters. The maximum absolute atomic E-state index is 13.4. The van der Waals surface area contributed by atoms with Crippen LogP contribution in [0.4, 0.5) is 0 Å². The fourth-order valence-electron chi connectivity index (χ4n) is 4.73. The first-order chi connectivity index (χ1) is 11.7. The molecule has 1 N–H and O–H groups in total. The van der Waals surface area contributed by atoms with Crippen molar-refractivity contribution in [1.29, 1.82) is 0 Å². The van der Waals surface area contributed by atoms with Crippen LogP contribution < -0.4 is 5.32 Å². The highest BCUT2D eigenvalue weighted by atomic mass is 16.2. The normalized spacial score (nSPS) is 24.9. The molecule has 1 amide bonds. The van der Waals surface area contributed by atoms with Gasteiger partial charge in [-0.15, -0.1) is 0 Å². The summed E-state index contributed by atoms with van der Waals surface area (Å²) in [5.74, 6) is 0.837. The Kier molecular flexibility index (Phi) is 4.33. The molecule has 4 heteroatoms. The molecular weight excluding hydrogens is 298 g/mol. The van der Waals surface area contributed by atoms with Crippen LogP contribution in [0.3, 0.4) is 0 Å². The number of carbonyl (C=O) groups excluding carboxylic acids is 1. The Balaban J connectivity index is 1.57. The van der Waals surface area contributed by atoms with Crippen molar-refractivity contribution in [3.8, 4) is 0 Å². The van der Waals surface area contributed by atoms with E-state index in [4.69, 9.17) is 0 Å². The first kappa shape index (κ1) is 16.1. The molecule has 0 spiro atoms. The molecule has 2 heterocycles. The first-order valence-electron chi connectivity index (χ1n) is 9.68. The Morgan fingerprint density at radius 2 is 1.96 bits per heavy atom. The van der Waals surface area contributed by atoms with Crippen molar-refractivity contribution in [3.05, 3.63) is 29.6 Å². The van der Waals surface area contributed by atoms with Crippen molar-refractivity contribution in [1.82, 2.24) is 15.2 Å². The van der Waals surface area contributed by atoms with Crippen LogP contribution >= 0.6 is 0 Å². The van der Waals surface area contributed by atoms with Gasteiger partial charge >= 0.3 is 0 Å². The number of likely N-dealkylation sites (tertiary alicyclic amines) is 1. The second-order valence-electron chi connectivity index (χ2n) is 7.93. The number of amides is 1. The molecule has 3 fully saturated rings. The van der Waals surface area contributed by atoms with E-state index in [2.05, 4.69) is 28.2 Å². The summed E-state index contributed by atoms with van der Waals surface area (Å²) >= 11 is 0. The highest BCUT2D eigenvalue weighted by Gasteiger charge is 2.48. The van der Waals surface area contributed by atoms with Crippen molar-refractivity contribution in [2.75, 3.05) is 13.1 Å². The molecule has 24 heavy (non-hydrogen) atoms. The average molecular weight is 327 g/mol. The number of hydrogen-bond acceptors (Lipinski definition) is 3. The molecule has 4 nitrogen and oxygen atoms in total. The van der Waals surface area contributed by atoms with Crippen LogP contribution in [0.25, 0.3) is 0 Å². The molecule has 0 radical (unpaired) electrons. The molecule has 1 aliphatic heterocycles. The molecule has 1 saturated heterocycles. The predicted molar refractivity (Wildman–Crippen MR) is 94.6 cm³/mol. The Morgan fingerprint density at radius 1 is 1.25 bits per heavy atom.